The van der Waals surface area contributed by atoms with Crippen molar-refractivity contribution in [1.82, 2.24) is 4.57 Å². The lowest BCUT2D eigenvalue weighted by molar-refractivity contribution is -0.671. The highest BCUT2D eigenvalue weighted by Gasteiger charge is 2.20. The minimum Gasteiger partial charge on any atom is -0.418 e. The summed E-state index contributed by atoms with van der Waals surface area (Å²) in [5, 5.41) is 0. The van der Waals surface area contributed by atoms with Crippen molar-refractivity contribution >= 4 is 17.4 Å². The van der Waals surface area contributed by atoms with E-state index in [0.29, 0.717) is 6.42 Å². The third-order valence-electron chi connectivity index (χ3n) is 1.89. The molecule has 0 atom stereocenters. The molecule has 0 amide bonds. The first-order chi connectivity index (χ1) is 8.47. The Kier molecular flexibility index (Phi) is 7.05. The van der Waals surface area contributed by atoms with Crippen molar-refractivity contribution in [2.24, 2.45) is 7.05 Å². The van der Waals surface area contributed by atoms with Gasteiger partial charge < -0.3 is 17.3 Å². The fourth-order valence-electron chi connectivity index (χ4n) is 1.21. The first kappa shape index (κ1) is 17.9. The molecule has 0 fully saturated rings. The Bertz CT molecular complexity index is 469. The molecule has 0 aromatic carbocycles. The second kappa shape index (κ2) is 7.48. The van der Waals surface area contributed by atoms with Gasteiger partial charge in [-0.15, -0.1) is 0 Å². The lowest BCUT2D eigenvalue weighted by atomic mass is 10.3. The van der Waals surface area contributed by atoms with Gasteiger partial charge in [-0.25, -0.2) is 9.13 Å². The molecule has 112 valence electrons. The molecule has 1 rings (SSSR count). The Balaban J connectivity index is 0.000000555. The van der Waals surface area contributed by atoms with Crippen molar-refractivity contribution in [2.75, 3.05) is 5.75 Å². The molecule has 0 saturated heterocycles. The van der Waals surface area contributed by atoms with Crippen molar-refractivity contribution < 1.29 is 34.8 Å². The lowest BCUT2D eigenvalue weighted by Crippen LogP contribution is -2.23. The SMILES string of the molecule is C[n+]1ccn(CCCCS(=O)(=O)O)c1.F[B-](F)(F)F. The van der Waals surface area contributed by atoms with Crippen LogP contribution in [0, 0.1) is 0 Å². The standard InChI is InChI=1S/C8H14N2O3S.BF4/c1-9-5-6-10(8-9)4-2-3-7-14(11,12)13;2-1(3,4)5/h5-6,8H,2-4,7H2,1H3;/q;-1/p+1. The second-order valence-corrected chi connectivity index (χ2v) is 5.38. The summed E-state index contributed by atoms with van der Waals surface area (Å²) in [4.78, 5) is 0. The molecular weight excluding hydrogens is 291 g/mol. The van der Waals surface area contributed by atoms with Crippen molar-refractivity contribution in [2.45, 2.75) is 19.4 Å². The van der Waals surface area contributed by atoms with Crippen LogP contribution in [0.15, 0.2) is 18.7 Å². The van der Waals surface area contributed by atoms with E-state index in [0.717, 1.165) is 13.0 Å². The van der Waals surface area contributed by atoms with Gasteiger partial charge in [-0.3, -0.25) is 4.55 Å². The van der Waals surface area contributed by atoms with Crippen LogP contribution in [-0.4, -0.2) is 30.5 Å². The monoisotopic (exact) mass is 306 g/mol. The van der Waals surface area contributed by atoms with Gasteiger partial charge in [0.2, 0.25) is 6.33 Å². The van der Waals surface area contributed by atoms with E-state index in [1.54, 1.807) is 0 Å². The van der Waals surface area contributed by atoms with Crippen LogP contribution in [0.25, 0.3) is 0 Å². The Morgan fingerprint density at radius 1 is 1.26 bits per heavy atom. The minimum atomic E-state index is -6.00. The Labute approximate surface area is 108 Å². The number of nitrogens with zero attached hydrogens (tertiary/aromatic N) is 2. The zero-order valence-electron chi connectivity index (χ0n) is 10.2. The predicted molar refractivity (Wildman–Crippen MR) is 61.4 cm³/mol. The van der Waals surface area contributed by atoms with E-state index in [-0.39, 0.29) is 5.75 Å². The smallest absolute Gasteiger partial charge is 0.418 e. The number of rotatable bonds is 5. The summed E-state index contributed by atoms with van der Waals surface area (Å²) in [6.45, 7) is 0.774. The number of halogens is 4. The highest BCUT2D eigenvalue weighted by Crippen LogP contribution is 2.06. The molecule has 0 aliphatic carbocycles. The van der Waals surface area contributed by atoms with Crippen molar-refractivity contribution in [3.63, 3.8) is 0 Å². The molecule has 11 heteroatoms. The van der Waals surface area contributed by atoms with Gasteiger partial charge in [-0.2, -0.15) is 8.42 Å². The van der Waals surface area contributed by atoms with Crippen LogP contribution >= 0.6 is 0 Å². The van der Waals surface area contributed by atoms with Crippen LogP contribution < -0.4 is 4.57 Å². The van der Waals surface area contributed by atoms with Gasteiger partial charge in [0, 0.05) is 0 Å². The second-order valence-electron chi connectivity index (χ2n) is 3.80. The summed E-state index contributed by atoms with van der Waals surface area (Å²) in [7, 11) is -7.86. The predicted octanol–water partition coefficient (Wildman–Crippen LogP) is 1.28. The summed E-state index contributed by atoms with van der Waals surface area (Å²) >= 11 is 0. The Morgan fingerprint density at radius 3 is 2.16 bits per heavy atom. The zero-order chi connectivity index (χ0) is 15.1. The molecule has 0 aliphatic heterocycles. The third-order valence-corrected chi connectivity index (χ3v) is 2.70. The number of aromatic nitrogens is 2. The molecular formula is C8H15BF4N2O3S. The van der Waals surface area contributed by atoms with Crippen LogP contribution in [0.5, 0.6) is 0 Å². The number of unbranched alkanes of at least 4 members (excludes halogenated alkanes) is 1. The summed E-state index contributed by atoms with van der Waals surface area (Å²) in [6.07, 6.45) is 7.00. The molecule has 1 aromatic rings. The molecule has 1 N–H and O–H groups in total. The van der Waals surface area contributed by atoms with E-state index in [1.807, 2.05) is 34.9 Å². The van der Waals surface area contributed by atoms with E-state index in [2.05, 4.69) is 0 Å². The molecule has 0 aliphatic rings. The quantitative estimate of drug-likeness (QED) is 0.293. The van der Waals surface area contributed by atoms with Crippen LogP contribution in [0.1, 0.15) is 12.8 Å². The molecule has 0 saturated carbocycles. The lowest BCUT2D eigenvalue weighted by Gasteiger charge is -1.96. The molecule has 19 heavy (non-hydrogen) atoms. The Hall–Kier alpha value is -1.10. The fourth-order valence-corrected chi connectivity index (χ4v) is 1.78. The first-order valence-corrected chi connectivity index (χ1v) is 6.92. The van der Waals surface area contributed by atoms with Crippen molar-refractivity contribution in [3.05, 3.63) is 18.7 Å². The van der Waals surface area contributed by atoms with Crippen molar-refractivity contribution in [1.29, 1.82) is 0 Å². The maximum Gasteiger partial charge on any atom is 0.673 e. The molecule has 5 nitrogen and oxygen atoms in total. The number of aryl methyl sites for hydroxylation is 2. The molecule has 1 heterocycles. The molecule has 1 aromatic heterocycles. The van der Waals surface area contributed by atoms with Gasteiger partial charge in [-0.1, -0.05) is 0 Å². The average molecular weight is 306 g/mol. The van der Waals surface area contributed by atoms with E-state index in [9.17, 15) is 25.7 Å². The van der Waals surface area contributed by atoms with Gasteiger partial charge in [0.05, 0.1) is 19.3 Å². The summed E-state index contributed by atoms with van der Waals surface area (Å²) < 4.78 is 72.2. The van der Waals surface area contributed by atoms with E-state index in [4.69, 9.17) is 4.55 Å². The normalized spacial score (nSPS) is 11.9. The fraction of sp³-hybridized carbons (Fsp3) is 0.625. The molecule has 0 unspecified atom stereocenters. The highest BCUT2D eigenvalue weighted by molar-refractivity contribution is 7.85. The summed E-state index contributed by atoms with van der Waals surface area (Å²) in [5.74, 6) is -0.152. The van der Waals surface area contributed by atoms with Crippen LogP contribution in [0.3, 0.4) is 0 Å². The maximum absolute atomic E-state index is 10.4. The largest absolute Gasteiger partial charge is 0.673 e. The summed E-state index contributed by atoms with van der Waals surface area (Å²) in [5.41, 5.74) is 0. The van der Waals surface area contributed by atoms with Gasteiger partial charge in [0.25, 0.3) is 10.1 Å². The van der Waals surface area contributed by atoms with Gasteiger partial charge >= 0.3 is 7.25 Å². The molecule has 0 spiro atoms. The number of hydrogen-bond acceptors (Lipinski definition) is 2. The van der Waals surface area contributed by atoms with E-state index < -0.39 is 17.4 Å². The summed E-state index contributed by atoms with van der Waals surface area (Å²) in [6, 6.07) is 0. The van der Waals surface area contributed by atoms with Gasteiger partial charge in [0.15, 0.2) is 0 Å². The minimum absolute atomic E-state index is 0.152. The number of imidazole rings is 1. The van der Waals surface area contributed by atoms with Crippen LogP contribution in [0.4, 0.5) is 17.3 Å². The van der Waals surface area contributed by atoms with E-state index in [1.165, 1.54) is 0 Å². The van der Waals surface area contributed by atoms with Crippen LogP contribution in [-0.2, 0) is 23.7 Å². The van der Waals surface area contributed by atoms with Crippen LogP contribution in [0.2, 0.25) is 0 Å². The topological polar surface area (TPSA) is 63.2 Å². The highest BCUT2D eigenvalue weighted by atomic mass is 32.2. The van der Waals surface area contributed by atoms with Gasteiger partial charge in [0.1, 0.15) is 12.4 Å². The number of hydrogen-bond donors (Lipinski definition) is 1. The van der Waals surface area contributed by atoms with Crippen molar-refractivity contribution in [3.8, 4) is 0 Å². The molecule has 0 bridgehead atoms. The molecule has 0 radical (unpaired) electrons. The van der Waals surface area contributed by atoms with E-state index >= 15 is 0 Å². The third kappa shape index (κ3) is 14.8. The Morgan fingerprint density at radius 2 is 1.79 bits per heavy atom. The maximum atomic E-state index is 10.4. The van der Waals surface area contributed by atoms with Gasteiger partial charge in [-0.05, 0) is 12.8 Å². The average Bonchev–Trinajstić information content (AvgIpc) is 2.55. The first-order valence-electron chi connectivity index (χ1n) is 5.31. The zero-order valence-corrected chi connectivity index (χ0v) is 11.0.